The van der Waals surface area contributed by atoms with Gasteiger partial charge in [0.2, 0.25) is 5.91 Å². The Bertz CT molecular complexity index is 569. The molecule has 2 aliphatic rings. The smallest absolute Gasteiger partial charge is 0.254 e. The number of nitrogens with one attached hydrogen (secondary N) is 1. The molecule has 1 aromatic rings. The molecule has 2 fully saturated rings. The zero-order chi connectivity index (χ0) is 16.4. The normalized spacial score (nSPS) is 24.4. The molecule has 0 bridgehead atoms. The Balaban J connectivity index is 1.82. The van der Waals surface area contributed by atoms with E-state index in [0.717, 1.165) is 24.9 Å². The Morgan fingerprint density at radius 1 is 1.30 bits per heavy atom. The molecule has 23 heavy (non-hydrogen) atoms. The van der Waals surface area contributed by atoms with Crippen LogP contribution in [0.1, 0.15) is 38.3 Å². The van der Waals surface area contributed by atoms with E-state index >= 15 is 0 Å². The lowest BCUT2D eigenvalue weighted by Gasteiger charge is -2.36. The van der Waals surface area contributed by atoms with Gasteiger partial charge in [-0.3, -0.25) is 9.59 Å². The van der Waals surface area contributed by atoms with Crippen molar-refractivity contribution in [3.8, 4) is 0 Å². The van der Waals surface area contributed by atoms with E-state index in [-0.39, 0.29) is 18.4 Å². The number of ether oxygens (including phenoxy) is 1. The summed E-state index contributed by atoms with van der Waals surface area (Å²) in [5, 5.41) is 2.92. The molecule has 1 N–H and O–H groups in total. The molecule has 3 rings (SSSR count). The third-order valence-corrected chi connectivity index (χ3v) is 4.25. The number of morpholine rings is 1. The molecule has 2 unspecified atom stereocenters. The number of carbonyl (C=O) groups excluding carboxylic acids is 2. The molecule has 2 amide bonds. The number of carbonyl (C=O) groups is 2. The predicted molar refractivity (Wildman–Crippen MR) is 86.6 cm³/mol. The lowest BCUT2D eigenvalue weighted by Crippen LogP contribution is -2.54. The molecule has 1 heterocycles. The van der Waals surface area contributed by atoms with Gasteiger partial charge in [-0.25, -0.2) is 0 Å². The zero-order valence-corrected chi connectivity index (χ0v) is 13.7. The zero-order valence-electron chi connectivity index (χ0n) is 13.7. The molecular formula is C18H24N2O3. The van der Waals surface area contributed by atoms with Crippen LogP contribution in [0.5, 0.6) is 0 Å². The Labute approximate surface area is 137 Å². The van der Waals surface area contributed by atoms with Gasteiger partial charge >= 0.3 is 0 Å². The van der Waals surface area contributed by atoms with Crippen molar-refractivity contribution in [3.05, 3.63) is 35.9 Å². The van der Waals surface area contributed by atoms with Crippen molar-refractivity contribution in [2.24, 2.45) is 5.92 Å². The second-order valence-corrected chi connectivity index (χ2v) is 6.80. The summed E-state index contributed by atoms with van der Waals surface area (Å²) >= 11 is 0. The number of hydrogen-bond donors (Lipinski definition) is 1. The number of hydrogen-bond acceptors (Lipinski definition) is 3. The summed E-state index contributed by atoms with van der Waals surface area (Å²) in [5.41, 5.74) is 0.902. The van der Waals surface area contributed by atoms with Gasteiger partial charge in [-0.2, -0.15) is 0 Å². The van der Waals surface area contributed by atoms with E-state index in [2.05, 4.69) is 19.2 Å². The third-order valence-electron chi connectivity index (χ3n) is 4.25. The van der Waals surface area contributed by atoms with Gasteiger partial charge in [0.1, 0.15) is 6.61 Å². The highest BCUT2D eigenvalue weighted by Gasteiger charge is 2.42. The SMILES string of the molecule is CC(C)CN(C(=O)C1OCC(=O)NC1c1ccccc1)C1CC1. The van der Waals surface area contributed by atoms with E-state index in [4.69, 9.17) is 4.74 Å². The predicted octanol–water partition coefficient (Wildman–Crippen LogP) is 1.89. The standard InChI is InChI=1S/C18H24N2O3/c1-12(2)10-20(14-8-9-14)18(22)17-16(19-15(21)11-23-17)13-6-4-3-5-7-13/h3-7,12,14,16-17H,8-11H2,1-2H3,(H,19,21). The fourth-order valence-corrected chi connectivity index (χ4v) is 3.05. The molecule has 1 aromatic carbocycles. The lowest BCUT2D eigenvalue weighted by atomic mass is 9.98. The Kier molecular flexibility index (Phi) is 4.66. The van der Waals surface area contributed by atoms with Gasteiger partial charge in [-0.05, 0) is 24.3 Å². The van der Waals surface area contributed by atoms with Crippen LogP contribution in [-0.4, -0.2) is 42.0 Å². The number of rotatable bonds is 5. The van der Waals surface area contributed by atoms with Crippen molar-refractivity contribution in [1.29, 1.82) is 0 Å². The minimum absolute atomic E-state index is 0.00458. The summed E-state index contributed by atoms with van der Waals surface area (Å²) in [6.07, 6.45) is 1.48. The maximum absolute atomic E-state index is 13.1. The largest absolute Gasteiger partial charge is 0.356 e. The molecular weight excluding hydrogens is 292 g/mol. The van der Waals surface area contributed by atoms with E-state index < -0.39 is 12.1 Å². The second-order valence-electron chi connectivity index (χ2n) is 6.80. The summed E-state index contributed by atoms with van der Waals surface area (Å²) in [4.78, 5) is 26.8. The number of nitrogens with zero attached hydrogens (tertiary/aromatic N) is 1. The van der Waals surface area contributed by atoms with Gasteiger partial charge in [0.15, 0.2) is 6.10 Å². The summed E-state index contributed by atoms with van der Waals surface area (Å²) in [6.45, 7) is 4.90. The molecule has 1 aliphatic carbocycles. The monoisotopic (exact) mass is 316 g/mol. The minimum atomic E-state index is -0.644. The van der Waals surface area contributed by atoms with Gasteiger partial charge in [0.05, 0.1) is 6.04 Å². The van der Waals surface area contributed by atoms with Crippen LogP contribution in [0, 0.1) is 5.92 Å². The summed E-state index contributed by atoms with van der Waals surface area (Å²) in [5.74, 6) is 0.229. The van der Waals surface area contributed by atoms with Crippen LogP contribution in [0.3, 0.4) is 0 Å². The summed E-state index contributed by atoms with van der Waals surface area (Å²) in [7, 11) is 0. The summed E-state index contributed by atoms with van der Waals surface area (Å²) < 4.78 is 5.66. The maximum Gasteiger partial charge on any atom is 0.254 e. The number of benzene rings is 1. The van der Waals surface area contributed by atoms with E-state index in [1.165, 1.54) is 0 Å². The molecule has 0 radical (unpaired) electrons. The highest BCUT2D eigenvalue weighted by atomic mass is 16.5. The van der Waals surface area contributed by atoms with E-state index in [0.29, 0.717) is 12.0 Å². The maximum atomic E-state index is 13.1. The van der Waals surface area contributed by atoms with Crippen molar-refractivity contribution in [1.82, 2.24) is 10.2 Å². The quantitative estimate of drug-likeness (QED) is 0.902. The molecule has 0 aromatic heterocycles. The molecule has 124 valence electrons. The van der Waals surface area contributed by atoms with Crippen molar-refractivity contribution < 1.29 is 14.3 Å². The first-order valence-electron chi connectivity index (χ1n) is 8.32. The first-order valence-corrected chi connectivity index (χ1v) is 8.32. The number of amides is 2. The molecule has 5 heteroatoms. The topological polar surface area (TPSA) is 58.6 Å². The molecule has 2 atom stereocenters. The molecule has 1 aliphatic heterocycles. The second kappa shape index (κ2) is 6.71. The van der Waals surface area contributed by atoms with Gasteiger partial charge in [-0.15, -0.1) is 0 Å². The molecule has 0 spiro atoms. The molecule has 5 nitrogen and oxygen atoms in total. The van der Waals surface area contributed by atoms with Crippen LogP contribution in [0.4, 0.5) is 0 Å². The van der Waals surface area contributed by atoms with Crippen LogP contribution < -0.4 is 5.32 Å². The minimum Gasteiger partial charge on any atom is -0.356 e. The third kappa shape index (κ3) is 3.72. The fourth-order valence-electron chi connectivity index (χ4n) is 3.05. The van der Waals surface area contributed by atoms with E-state index in [1.807, 2.05) is 35.2 Å². The van der Waals surface area contributed by atoms with E-state index in [1.54, 1.807) is 0 Å². The lowest BCUT2D eigenvalue weighted by molar-refractivity contribution is -0.156. The Morgan fingerprint density at radius 3 is 2.61 bits per heavy atom. The first kappa shape index (κ1) is 16.0. The van der Waals surface area contributed by atoms with Crippen LogP contribution in [0.25, 0.3) is 0 Å². The first-order chi connectivity index (χ1) is 11.1. The molecule has 1 saturated heterocycles. The average molecular weight is 316 g/mol. The van der Waals surface area contributed by atoms with Crippen LogP contribution in [-0.2, 0) is 14.3 Å². The Hall–Kier alpha value is -1.88. The van der Waals surface area contributed by atoms with Crippen LogP contribution in [0.15, 0.2) is 30.3 Å². The van der Waals surface area contributed by atoms with Gasteiger partial charge in [0.25, 0.3) is 5.91 Å². The highest BCUT2D eigenvalue weighted by molar-refractivity contribution is 5.86. The van der Waals surface area contributed by atoms with Crippen LogP contribution in [0.2, 0.25) is 0 Å². The van der Waals surface area contributed by atoms with E-state index in [9.17, 15) is 9.59 Å². The fraction of sp³-hybridized carbons (Fsp3) is 0.556. The van der Waals surface area contributed by atoms with Crippen molar-refractivity contribution in [3.63, 3.8) is 0 Å². The van der Waals surface area contributed by atoms with Gasteiger partial charge in [0, 0.05) is 12.6 Å². The van der Waals surface area contributed by atoms with Crippen molar-refractivity contribution in [2.75, 3.05) is 13.2 Å². The van der Waals surface area contributed by atoms with Crippen LogP contribution >= 0.6 is 0 Å². The van der Waals surface area contributed by atoms with Gasteiger partial charge < -0.3 is 15.0 Å². The highest BCUT2D eigenvalue weighted by Crippen LogP contribution is 2.31. The molecule has 1 saturated carbocycles. The summed E-state index contributed by atoms with van der Waals surface area (Å²) in [6, 6.07) is 9.49. The Morgan fingerprint density at radius 2 is 2.00 bits per heavy atom. The van der Waals surface area contributed by atoms with Crippen molar-refractivity contribution >= 4 is 11.8 Å². The van der Waals surface area contributed by atoms with Crippen molar-refractivity contribution in [2.45, 2.75) is 44.9 Å². The van der Waals surface area contributed by atoms with Gasteiger partial charge in [-0.1, -0.05) is 44.2 Å². The average Bonchev–Trinajstić information content (AvgIpc) is 3.37.